The lowest BCUT2D eigenvalue weighted by atomic mass is 10.1. The number of amides is 1. The van der Waals surface area contributed by atoms with Crippen LogP contribution >= 0.6 is 0 Å². The van der Waals surface area contributed by atoms with Crippen LogP contribution in [0.2, 0.25) is 0 Å². The van der Waals surface area contributed by atoms with Crippen LogP contribution in [0.3, 0.4) is 0 Å². The molecule has 1 aromatic rings. The molecule has 1 atom stereocenters. The molecule has 0 spiro atoms. The van der Waals surface area contributed by atoms with Crippen LogP contribution in [0.25, 0.3) is 0 Å². The van der Waals surface area contributed by atoms with Crippen LogP contribution < -0.4 is 0 Å². The minimum absolute atomic E-state index is 0.0605. The highest BCUT2D eigenvalue weighted by Crippen LogP contribution is 2.20. The fourth-order valence-electron chi connectivity index (χ4n) is 2.09. The van der Waals surface area contributed by atoms with E-state index in [9.17, 15) is 22.0 Å². The van der Waals surface area contributed by atoms with Crippen molar-refractivity contribution in [2.75, 3.05) is 18.8 Å². The van der Waals surface area contributed by atoms with Crippen molar-refractivity contribution in [2.24, 2.45) is 0 Å². The van der Waals surface area contributed by atoms with Crippen molar-refractivity contribution in [1.82, 2.24) is 4.90 Å². The summed E-state index contributed by atoms with van der Waals surface area (Å²) in [6, 6.07) is 5.11. The quantitative estimate of drug-likeness (QED) is 0.838. The van der Waals surface area contributed by atoms with E-state index in [1.165, 1.54) is 29.2 Å². The molecule has 7 heteroatoms. The average molecular weight is 303 g/mol. The number of nitrogens with zero attached hydrogens (tertiary/aromatic N) is 1. The number of rotatable bonds is 2. The van der Waals surface area contributed by atoms with Gasteiger partial charge >= 0.3 is 0 Å². The van der Waals surface area contributed by atoms with E-state index in [4.69, 9.17) is 0 Å². The summed E-state index contributed by atoms with van der Waals surface area (Å²) in [6.07, 6.45) is -2.57. The molecule has 0 saturated carbocycles. The van der Waals surface area contributed by atoms with E-state index < -0.39 is 21.5 Å². The minimum atomic E-state index is -3.12. The number of halogens is 2. The molecule has 1 heterocycles. The Morgan fingerprint density at radius 3 is 2.40 bits per heavy atom. The van der Waals surface area contributed by atoms with Gasteiger partial charge in [-0.3, -0.25) is 4.79 Å². The molecule has 0 radical (unpaired) electrons. The Morgan fingerprint density at radius 1 is 1.30 bits per heavy atom. The van der Waals surface area contributed by atoms with Crippen molar-refractivity contribution in [3.05, 3.63) is 35.4 Å². The minimum Gasteiger partial charge on any atom is -0.336 e. The van der Waals surface area contributed by atoms with Crippen LogP contribution in [0.1, 0.15) is 29.3 Å². The molecule has 1 aliphatic heterocycles. The maximum Gasteiger partial charge on any atom is 0.263 e. The molecular formula is C13H15F2NO3S. The molecule has 110 valence electrons. The Labute approximate surface area is 116 Å². The lowest BCUT2D eigenvalue weighted by Gasteiger charge is -2.31. The highest BCUT2D eigenvalue weighted by Gasteiger charge is 2.32. The van der Waals surface area contributed by atoms with Crippen molar-refractivity contribution in [3.63, 3.8) is 0 Å². The highest BCUT2D eigenvalue weighted by atomic mass is 32.2. The molecule has 1 aromatic carbocycles. The first-order valence-electron chi connectivity index (χ1n) is 6.20. The highest BCUT2D eigenvalue weighted by molar-refractivity contribution is 7.92. The number of carbonyl (C=O) groups excluding carboxylic acids is 1. The topological polar surface area (TPSA) is 54.5 Å². The van der Waals surface area contributed by atoms with E-state index in [1.54, 1.807) is 6.92 Å². The largest absolute Gasteiger partial charge is 0.336 e. The molecular weight excluding hydrogens is 288 g/mol. The SMILES string of the molecule is CC1CN(C(=O)c2ccc(C(F)F)cc2)CCS1(=O)=O. The van der Waals surface area contributed by atoms with Crippen LogP contribution in [0.4, 0.5) is 8.78 Å². The molecule has 1 aliphatic rings. The molecule has 0 N–H and O–H groups in total. The molecule has 0 aliphatic carbocycles. The van der Waals surface area contributed by atoms with E-state index in [0.717, 1.165) is 0 Å². The van der Waals surface area contributed by atoms with E-state index in [0.29, 0.717) is 5.56 Å². The van der Waals surface area contributed by atoms with E-state index in [-0.39, 0.29) is 30.3 Å². The lowest BCUT2D eigenvalue weighted by molar-refractivity contribution is 0.0760. The first kappa shape index (κ1) is 14.9. The van der Waals surface area contributed by atoms with Crippen LogP contribution in [0, 0.1) is 0 Å². The Bertz CT molecular complexity index is 599. The molecule has 0 aromatic heterocycles. The summed E-state index contributed by atoms with van der Waals surface area (Å²) in [5.74, 6) is -0.387. The van der Waals surface area contributed by atoms with Gasteiger partial charge in [-0.05, 0) is 19.1 Å². The van der Waals surface area contributed by atoms with Gasteiger partial charge in [0.25, 0.3) is 12.3 Å². The zero-order valence-corrected chi connectivity index (χ0v) is 11.7. The lowest BCUT2D eigenvalue weighted by Crippen LogP contribution is -2.48. The summed E-state index contributed by atoms with van der Waals surface area (Å²) >= 11 is 0. The molecule has 20 heavy (non-hydrogen) atoms. The zero-order chi connectivity index (χ0) is 14.9. The second kappa shape index (κ2) is 5.47. The number of hydrogen-bond acceptors (Lipinski definition) is 3. The van der Waals surface area contributed by atoms with Crippen molar-refractivity contribution in [3.8, 4) is 0 Å². The summed E-state index contributed by atoms with van der Waals surface area (Å²) < 4.78 is 48.0. The Morgan fingerprint density at radius 2 is 1.90 bits per heavy atom. The fourth-order valence-corrected chi connectivity index (χ4v) is 3.38. The number of hydrogen-bond donors (Lipinski definition) is 0. The first-order chi connectivity index (χ1) is 9.31. The van der Waals surface area contributed by atoms with Gasteiger partial charge in [-0.25, -0.2) is 17.2 Å². The van der Waals surface area contributed by atoms with Crippen molar-refractivity contribution >= 4 is 15.7 Å². The predicted octanol–water partition coefficient (Wildman–Crippen LogP) is 1.88. The second-order valence-corrected chi connectivity index (χ2v) is 7.39. The van der Waals surface area contributed by atoms with Crippen LogP contribution in [0.15, 0.2) is 24.3 Å². The number of alkyl halides is 2. The maximum atomic E-state index is 12.4. The Kier molecular flexibility index (Phi) is 4.08. The maximum absolute atomic E-state index is 12.4. The summed E-state index contributed by atoms with van der Waals surface area (Å²) in [6.45, 7) is 1.84. The van der Waals surface area contributed by atoms with Gasteiger partial charge in [0, 0.05) is 24.2 Å². The van der Waals surface area contributed by atoms with E-state index in [2.05, 4.69) is 0 Å². The van der Waals surface area contributed by atoms with Crippen molar-refractivity contribution < 1.29 is 22.0 Å². The third-order valence-corrected chi connectivity index (χ3v) is 5.56. The van der Waals surface area contributed by atoms with Gasteiger partial charge in [-0.15, -0.1) is 0 Å². The number of carbonyl (C=O) groups is 1. The van der Waals surface area contributed by atoms with Crippen LogP contribution in [0.5, 0.6) is 0 Å². The number of sulfone groups is 1. The van der Waals surface area contributed by atoms with Gasteiger partial charge in [-0.1, -0.05) is 12.1 Å². The second-order valence-electron chi connectivity index (χ2n) is 4.85. The molecule has 1 saturated heterocycles. The van der Waals surface area contributed by atoms with Gasteiger partial charge in [-0.2, -0.15) is 0 Å². The first-order valence-corrected chi connectivity index (χ1v) is 7.92. The van der Waals surface area contributed by atoms with Crippen molar-refractivity contribution in [1.29, 1.82) is 0 Å². The van der Waals surface area contributed by atoms with Crippen LogP contribution in [-0.2, 0) is 9.84 Å². The van der Waals surface area contributed by atoms with E-state index >= 15 is 0 Å². The summed E-state index contributed by atoms with van der Waals surface area (Å²) in [4.78, 5) is 13.6. The predicted molar refractivity (Wildman–Crippen MR) is 70.6 cm³/mol. The normalized spacial score (nSPS) is 22.0. The standard InChI is InChI=1S/C13H15F2NO3S/c1-9-8-16(6-7-20(9,18)19)13(17)11-4-2-10(3-5-11)12(14)15/h2-5,9,12H,6-8H2,1H3. The van der Waals surface area contributed by atoms with E-state index in [1.807, 2.05) is 0 Å². The van der Waals surface area contributed by atoms with Gasteiger partial charge in [0.15, 0.2) is 9.84 Å². The van der Waals surface area contributed by atoms with Crippen molar-refractivity contribution in [2.45, 2.75) is 18.6 Å². The molecule has 1 fully saturated rings. The summed E-state index contributed by atoms with van der Waals surface area (Å²) in [5, 5.41) is -0.597. The van der Waals surface area contributed by atoms with Gasteiger partial charge in [0.05, 0.1) is 11.0 Å². The summed E-state index contributed by atoms with van der Waals surface area (Å²) in [7, 11) is -3.12. The third-order valence-electron chi connectivity index (χ3n) is 3.43. The monoisotopic (exact) mass is 303 g/mol. The smallest absolute Gasteiger partial charge is 0.263 e. The zero-order valence-electron chi connectivity index (χ0n) is 10.9. The third kappa shape index (κ3) is 2.98. The fraction of sp³-hybridized carbons (Fsp3) is 0.462. The van der Waals surface area contributed by atoms with Gasteiger partial charge in [0.1, 0.15) is 0 Å². The van der Waals surface area contributed by atoms with Crippen LogP contribution in [-0.4, -0.2) is 43.3 Å². The molecule has 0 bridgehead atoms. The Balaban J connectivity index is 2.12. The van der Waals surface area contributed by atoms with Gasteiger partial charge < -0.3 is 4.90 Å². The molecule has 1 unspecified atom stereocenters. The molecule has 2 rings (SSSR count). The molecule has 4 nitrogen and oxygen atoms in total. The van der Waals surface area contributed by atoms with Gasteiger partial charge in [0.2, 0.25) is 0 Å². The molecule has 1 amide bonds. The number of benzene rings is 1. The average Bonchev–Trinajstić information content (AvgIpc) is 2.41. The summed E-state index contributed by atoms with van der Waals surface area (Å²) in [5.41, 5.74) is 0.150. The Hall–Kier alpha value is -1.50.